The van der Waals surface area contributed by atoms with Gasteiger partial charge in [0.1, 0.15) is 0 Å². The van der Waals surface area contributed by atoms with Crippen molar-refractivity contribution in [3.05, 3.63) is 0 Å². The summed E-state index contributed by atoms with van der Waals surface area (Å²) in [5.74, 6) is 0. The Kier molecular flexibility index (Phi) is 26.4. The Morgan fingerprint density at radius 2 is 1.12 bits per heavy atom. The zero-order valence-electron chi connectivity index (χ0n) is 3.94. The van der Waals surface area contributed by atoms with Crippen LogP contribution in [0.5, 0.6) is 0 Å². The van der Waals surface area contributed by atoms with Gasteiger partial charge in [-0.25, -0.2) is 0 Å². The van der Waals surface area contributed by atoms with Gasteiger partial charge < -0.3 is 13.5 Å². The molecule has 0 saturated carbocycles. The normalized spacial score (nSPS) is 7.25. The summed E-state index contributed by atoms with van der Waals surface area (Å²) >= 11 is 0. The van der Waals surface area contributed by atoms with Crippen molar-refractivity contribution in [2.45, 2.75) is 0 Å². The van der Waals surface area contributed by atoms with E-state index in [2.05, 4.69) is 0 Å². The van der Waals surface area contributed by atoms with Gasteiger partial charge in [0.15, 0.2) is 0 Å². The average molecular weight is 333 g/mol. The van der Waals surface area contributed by atoms with E-state index in [1.807, 2.05) is 0 Å². The number of hydrogen-bond donors (Lipinski definition) is 2. The average Bonchev–Trinajstić information content (AvgIpc) is 0.722. The van der Waals surface area contributed by atoms with Crippen LogP contribution in [0, 0.1) is 0 Å². The zero-order valence-corrected chi connectivity index (χ0v) is 13.0. The van der Waals surface area contributed by atoms with Crippen molar-refractivity contribution < 1.29 is 37.0 Å². The standard InChI is InChI=1S/Ba.H2O4S.S.Zn/c;1-5(2,3)4;;/h;(H2,1,2,3,4);;/q+2;;-2;+2. The molecular weight excluding hydrogens is 331 g/mol. The summed E-state index contributed by atoms with van der Waals surface area (Å²) in [6.07, 6.45) is 0. The van der Waals surface area contributed by atoms with Crippen LogP contribution >= 0.6 is 0 Å². The maximum Gasteiger partial charge on any atom is 2.00 e. The Morgan fingerprint density at radius 1 is 1.12 bits per heavy atom. The van der Waals surface area contributed by atoms with E-state index in [-0.39, 0.29) is 81.9 Å². The molecule has 0 spiro atoms. The molecule has 0 aromatic heterocycles. The topological polar surface area (TPSA) is 74.6 Å². The fourth-order valence-electron chi connectivity index (χ4n) is 0. The predicted molar refractivity (Wildman–Crippen MR) is 27.3 cm³/mol. The monoisotopic (exact) mass is 332 g/mol. The molecule has 0 unspecified atom stereocenters. The first-order chi connectivity index (χ1) is 2.00. The second-order valence-electron chi connectivity index (χ2n) is 0.448. The van der Waals surface area contributed by atoms with Gasteiger partial charge in [0, 0.05) is 0 Å². The molecule has 0 amide bonds. The Bertz CT molecular complexity index is 97.2. The molecule has 0 aliphatic heterocycles. The molecule has 40 valence electrons. The van der Waals surface area contributed by atoms with E-state index in [0.717, 1.165) is 0 Å². The second kappa shape index (κ2) is 9.41. The van der Waals surface area contributed by atoms with Crippen molar-refractivity contribution in [3.8, 4) is 0 Å². The van der Waals surface area contributed by atoms with Crippen LogP contribution in [0.15, 0.2) is 0 Å². The van der Waals surface area contributed by atoms with Crippen LogP contribution in [-0.4, -0.2) is 66.4 Å². The first-order valence-corrected chi connectivity index (χ1v) is 2.10. The van der Waals surface area contributed by atoms with Crippen LogP contribution in [0.1, 0.15) is 0 Å². The van der Waals surface area contributed by atoms with Gasteiger partial charge in [0.2, 0.25) is 0 Å². The maximum atomic E-state index is 8.74. The summed E-state index contributed by atoms with van der Waals surface area (Å²) < 4.78 is 31.6. The van der Waals surface area contributed by atoms with E-state index in [4.69, 9.17) is 17.5 Å². The van der Waals surface area contributed by atoms with Crippen molar-refractivity contribution in [2.75, 3.05) is 0 Å². The Balaban J connectivity index is -0.0000000267. The molecule has 8 heavy (non-hydrogen) atoms. The van der Waals surface area contributed by atoms with E-state index in [0.29, 0.717) is 0 Å². The molecule has 8 heteroatoms. The van der Waals surface area contributed by atoms with Gasteiger partial charge in [-0.2, -0.15) is 8.42 Å². The summed E-state index contributed by atoms with van der Waals surface area (Å²) in [5, 5.41) is 0. The molecule has 0 aliphatic rings. The molecule has 0 aliphatic carbocycles. The summed E-state index contributed by atoms with van der Waals surface area (Å²) in [6.45, 7) is 0. The van der Waals surface area contributed by atoms with Gasteiger partial charge in [-0.3, -0.25) is 9.11 Å². The Labute approximate surface area is 108 Å². The van der Waals surface area contributed by atoms with Crippen LogP contribution in [0.2, 0.25) is 0 Å². The molecule has 0 heterocycles. The van der Waals surface area contributed by atoms with Crippen LogP contribution < -0.4 is 0 Å². The minimum absolute atomic E-state index is 0. The van der Waals surface area contributed by atoms with E-state index in [1.165, 1.54) is 0 Å². The molecular formula is H2BaO4S2Zn+2. The molecule has 0 aromatic carbocycles. The Hall–Kier alpha value is 2.41. The molecule has 0 saturated heterocycles. The van der Waals surface area contributed by atoms with Crippen molar-refractivity contribution in [3.63, 3.8) is 0 Å². The van der Waals surface area contributed by atoms with Gasteiger partial charge in [-0.05, 0) is 0 Å². The molecule has 0 rings (SSSR count). The van der Waals surface area contributed by atoms with Crippen LogP contribution in [0.25, 0.3) is 0 Å². The summed E-state index contributed by atoms with van der Waals surface area (Å²) in [6, 6.07) is 0. The van der Waals surface area contributed by atoms with E-state index in [1.54, 1.807) is 0 Å². The van der Waals surface area contributed by atoms with E-state index < -0.39 is 10.4 Å². The quantitative estimate of drug-likeness (QED) is 0.439. The molecule has 0 fully saturated rings. The van der Waals surface area contributed by atoms with Crippen molar-refractivity contribution in [1.82, 2.24) is 0 Å². The molecule has 2 N–H and O–H groups in total. The fraction of sp³-hybridized carbons (Fsp3) is 0. The predicted octanol–water partition coefficient (Wildman–Crippen LogP) is -1.04. The van der Waals surface area contributed by atoms with Gasteiger partial charge in [-0.1, -0.05) is 0 Å². The minimum atomic E-state index is -4.67. The fourth-order valence-corrected chi connectivity index (χ4v) is 0. The third-order valence-corrected chi connectivity index (χ3v) is 0. The first-order valence-electron chi connectivity index (χ1n) is 0.698. The minimum Gasteiger partial charge on any atom is -2.00 e. The van der Waals surface area contributed by atoms with Crippen LogP contribution in [0.3, 0.4) is 0 Å². The van der Waals surface area contributed by atoms with Gasteiger partial charge >= 0.3 is 78.8 Å². The third kappa shape index (κ3) is 79.3. The molecule has 4 nitrogen and oxygen atoms in total. The van der Waals surface area contributed by atoms with Crippen LogP contribution in [-0.2, 0) is 43.4 Å². The van der Waals surface area contributed by atoms with E-state index >= 15 is 0 Å². The summed E-state index contributed by atoms with van der Waals surface area (Å²) in [5.41, 5.74) is 0. The van der Waals surface area contributed by atoms with Crippen molar-refractivity contribution in [1.29, 1.82) is 0 Å². The molecule has 0 atom stereocenters. The summed E-state index contributed by atoms with van der Waals surface area (Å²) in [4.78, 5) is 0. The van der Waals surface area contributed by atoms with Crippen LogP contribution in [0.4, 0.5) is 0 Å². The smallest absolute Gasteiger partial charge is 2.00 e. The van der Waals surface area contributed by atoms with Gasteiger partial charge in [-0.15, -0.1) is 0 Å². The largest absolute Gasteiger partial charge is 2.00 e. The number of rotatable bonds is 0. The molecule has 0 radical (unpaired) electrons. The van der Waals surface area contributed by atoms with E-state index in [9.17, 15) is 0 Å². The van der Waals surface area contributed by atoms with Crippen molar-refractivity contribution >= 4 is 72.8 Å². The maximum absolute atomic E-state index is 8.74. The molecule has 0 bridgehead atoms. The van der Waals surface area contributed by atoms with Gasteiger partial charge in [0.25, 0.3) is 0 Å². The summed E-state index contributed by atoms with van der Waals surface area (Å²) in [7, 11) is -4.67. The molecule has 0 aromatic rings. The third-order valence-electron chi connectivity index (χ3n) is 0. The SMILES string of the molecule is O=S(=O)(O)O.[Ba+2].[S-2].[Zn+2]. The number of hydrogen-bond acceptors (Lipinski definition) is 2. The zero-order chi connectivity index (χ0) is 4.50. The van der Waals surface area contributed by atoms with Crippen molar-refractivity contribution in [2.24, 2.45) is 0 Å². The Morgan fingerprint density at radius 3 is 1.12 bits per heavy atom. The second-order valence-corrected chi connectivity index (χ2v) is 1.34. The first kappa shape index (κ1) is 22.4. The van der Waals surface area contributed by atoms with Gasteiger partial charge in [0.05, 0.1) is 0 Å².